The molecule has 0 unspecified atom stereocenters. The van der Waals surface area contributed by atoms with E-state index in [1.54, 1.807) is 25.3 Å². The van der Waals surface area contributed by atoms with Crippen LogP contribution in [0.4, 0.5) is 11.5 Å². The number of benzene rings is 2. The molecule has 0 amide bonds. The van der Waals surface area contributed by atoms with E-state index in [4.69, 9.17) is 11.6 Å². The van der Waals surface area contributed by atoms with Crippen LogP contribution in [0.25, 0.3) is 0 Å². The molecule has 0 aliphatic carbocycles. The number of aliphatic carboxylic acids is 1. The van der Waals surface area contributed by atoms with Crippen molar-refractivity contribution in [1.29, 1.82) is 0 Å². The van der Waals surface area contributed by atoms with Gasteiger partial charge in [-0.2, -0.15) is 0 Å². The Labute approximate surface area is 193 Å². The Morgan fingerprint density at radius 2 is 2.00 bits per heavy atom. The number of rotatable bonds is 8. The van der Waals surface area contributed by atoms with Crippen LogP contribution in [0.5, 0.6) is 0 Å². The molecule has 1 aromatic heterocycles. The summed E-state index contributed by atoms with van der Waals surface area (Å²) in [6, 6.07) is 19.9. The normalized spacial score (nSPS) is 16.9. The largest absolute Gasteiger partial charge is 0.481 e. The second-order valence-corrected chi connectivity index (χ2v) is 8.44. The third-order valence-electron chi connectivity index (χ3n) is 5.90. The molecule has 1 aliphatic heterocycles. The van der Waals surface area contributed by atoms with Crippen molar-refractivity contribution in [2.45, 2.75) is 31.3 Å². The van der Waals surface area contributed by atoms with Crippen molar-refractivity contribution < 1.29 is 9.90 Å². The number of anilines is 2. The molecule has 3 aromatic rings. The molecule has 0 radical (unpaired) electrons. The molecule has 4 rings (SSSR count). The van der Waals surface area contributed by atoms with Crippen molar-refractivity contribution in [3.63, 3.8) is 0 Å². The number of nitrogens with zero attached hydrogens (tertiary/aromatic N) is 1. The minimum atomic E-state index is -0.842. The highest BCUT2D eigenvalue weighted by atomic mass is 35.5. The van der Waals surface area contributed by atoms with E-state index in [0.29, 0.717) is 18.0 Å². The highest BCUT2D eigenvalue weighted by Crippen LogP contribution is 2.29. The van der Waals surface area contributed by atoms with Crippen molar-refractivity contribution in [3.05, 3.63) is 88.6 Å². The number of carbonyl (C=O) groups is 1. The van der Waals surface area contributed by atoms with E-state index in [9.17, 15) is 9.90 Å². The second kappa shape index (κ2) is 10.0. The summed E-state index contributed by atoms with van der Waals surface area (Å²) in [5.41, 5.74) is 3.90. The predicted molar refractivity (Wildman–Crippen MR) is 129 cm³/mol. The molecule has 1 aliphatic rings. The number of hydrogen-bond acceptors (Lipinski definition) is 5. The fourth-order valence-electron chi connectivity index (χ4n) is 4.02. The van der Waals surface area contributed by atoms with Crippen LogP contribution in [0.2, 0.25) is 5.02 Å². The number of carboxylic acid groups (broad SMARTS) is 1. The molecule has 0 saturated heterocycles. The maximum atomic E-state index is 11.4. The summed E-state index contributed by atoms with van der Waals surface area (Å²) in [6.07, 6.45) is 2.48. The van der Waals surface area contributed by atoms with Crippen molar-refractivity contribution in [2.75, 3.05) is 23.7 Å². The van der Waals surface area contributed by atoms with Gasteiger partial charge >= 0.3 is 5.97 Å². The third kappa shape index (κ3) is 5.03. The van der Waals surface area contributed by atoms with Crippen molar-refractivity contribution in [3.8, 4) is 0 Å². The van der Waals surface area contributed by atoms with E-state index < -0.39 is 11.9 Å². The average Bonchev–Trinajstić information content (AvgIpc) is 2.82. The van der Waals surface area contributed by atoms with Crippen LogP contribution in [-0.4, -0.2) is 35.2 Å². The standard InChI is InChI=1S/C25H27ClN4O2/c1-16(25(31)32)18-9-10-20(26)19(14-18)11-13-27-23(17-6-3-2-4-7-17)22-15-29-21-8-5-12-28-24(21)30-22/h2-10,12,14,16,22-23,27,29H,11,13,15H2,1H3,(H,28,30)(H,31,32)/t16-,22-,23-/m1/s1. The first-order valence-corrected chi connectivity index (χ1v) is 11.2. The van der Waals surface area contributed by atoms with Crippen molar-refractivity contribution in [1.82, 2.24) is 10.3 Å². The predicted octanol–water partition coefficient (Wildman–Crippen LogP) is 4.70. The molecule has 0 saturated carbocycles. The lowest BCUT2D eigenvalue weighted by Crippen LogP contribution is -2.44. The quantitative estimate of drug-likeness (QED) is 0.398. The average molecular weight is 451 g/mol. The van der Waals surface area contributed by atoms with Gasteiger partial charge in [-0.15, -0.1) is 0 Å². The SMILES string of the molecule is C[C@@H](C(=O)O)c1ccc(Cl)c(CCN[C@H](c2ccccc2)[C@H]2CNc3cccnc3N2)c1. The molecule has 0 fully saturated rings. The molecule has 3 atom stereocenters. The monoisotopic (exact) mass is 450 g/mol. The minimum Gasteiger partial charge on any atom is -0.481 e. The van der Waals surface area contributed by atoms with Crippen LogP contribution >= 0.6 is 11.6 Å². The number of fused-ring (bicyclic) bond motifs is 1. The molecule has 2 aromatic carbocycles. The van der Waals surface area contributed by atoms with E-state index in [0.717, 1.165) is 29.2 Å². The lowest BCUT2D eigenvalue weighted by Gasteiger charge is -2.34. The van der Waals surface area contributed by atoms with Crippen molar-refractivity contribution in [2.24, 2.45) is 0 Å². The van der Waals surface area contributed by atoms with E-state index in [1.165, 1.54) is 5.56 Å². The maximum Gasteiger partial charge on any atom is 0.310 e. The van der Waals surface area contributed by atoms with Crippen LogP contribution in [0.15, 0.2) is 66.9 Å². The molecule has 166 valence electrons. The second-order valence-electron chi connectivity index (χ2n) is 8.03. The Kier molecular flexibility index (Phi) is 6.93. The van der Waals surface area contributed by atoms with Gasteiger partial charge in [-0.3, -0.25) is 4.79 Å². The number of hydrogen-bond donors (Lipinski definition) is 4. The van der Waals surface area contributed by atoms with Gasteiger partial charge < -0.3 is 21.1 Å². The zero-order chi connectivity index (χ0) is 22.5. The van der Waals surface area contributed by atoms with Gasteiger partial charge in [0.1, 0.15) is 5.82 Å². The third-order valence-corrected chi connectivity index (χ3v) is 6.27. The molecule has 32 heavy (non-hydrogen) atoms. The van der Waals surface area contributed by atoms with Gasteiger partial charge in [0.2, 0.25) is 0 Å². The number of nitrogens with one attached hydrogen (secondary N) is 3. The molecular weight excluding hydrogens is 424 g/mol. The number of carboxylic acids is 1. The van der Waals surface area contributed by atoms with Crippen LogP contribution < -0.4 is 16.0 Å². The fourth-order valence-corrected chi connectivity index (χ4v) is 4.24. The van der Waals surface area contributed by atoms with E-state index in [1.807, 2.05) is 36.4 Å². The Bertz CT molecular complexity index is 1080. The molecule has 0 bridgehead atoms. The first-order valence-electron chi connectivity index (χ1n) is 10.8. The molecule has 2 heterocycles. The van der Waals surface area contributed by atoms with E-state index >= 15 is 0 Å². The van der Waals surface area contributed by atoms with Gasteiger partial charge in [0.15, 0.2) is 0 Å². The zero-order valence-corrected chi connectivity index (χ0v) is 18.6. The summed E-state index contributed by atoms with van der Waals surface area (Å²) in [4.78, 5) is 15.8. The summed E-state index contributed by atoms with van der Waals surface area (Å²) < 4.78 is 0. The molecular formula is C25H27ClN4O2. The van der Waals surface area contributed by atoms with Crippen LogP contribution in [0.3, 0.4) is 0 Å². The van der Waals surface area contributed by atoms with Gasteiger partial charge in [-0.25, -0.2) is 4.98 Å². The highest BCUT2D eigenvalue weighted by Gasteiger charge is 2.27. The lowest BCUT2D eigenvalue weighted by molar-refractivity contribution is -0.138. The Balaban J connectivity index is 1.49. The van der Waals surface area contributed by atoms with Gasteiger partial charge in [0.25, 0.3) is 0 Å². The van der Waals surface area contributed by atoms with Gasteiger partial charge in [0.05, 0.1) is 23.7 Å². The summed E-state index contributed by atoms with van der Waals surface area (Å²) >= 11 is 6.41. The summed E-state index contributed by atoms with van der Waals surface area (Å²) in [6.45, 7) is 3.14. The van der Waals surface area contributed by atoms with Gasteiger partial charge in [-0.05, 0) is 54.8 Å². The van der Waals surface area contributed by atoms with Crippen molar-refractivity contribution >= 4 is 29.1 Å². The number of halogens is 1. The summed E-state index contributed by atoms with van der Waals surface area (Å²) in [7, 11) is 0. The van der Waals surface area contributed by atoms with Crippen LogP contribution in [0.1, 0.15) is 35.6 Å². The van der Waals surface area contributed by atoms with Crippen LogP contribution in [-0.2, 0) is 11.2 Å². The first kappa shape index (κ1) is 22.1. The zero-order valence-electron chi connectivity index (χ0n) is 17.9. The lowest BCUT2D eigenvalue weighted by atomic mass is 9.96. The van der Waals surface area contributed by atoms with Crippen LogP contribution in [0, 0.1) is 0 Å². The molecule has 7 heteroatoms. The summed E-state index contributed by atoms with van der Waals surface area (Å²) in [5.74, 6) is -0.559. The maximum absolute atomic E-state index is 11.4. The summed E-state index contributed by atoms with van der Waals surface area (Å²) in [5, 5.41) is 20.7. The Morgan fingerprint density at radius 1 is 1.19 bits per heavy atom. The Morgan fingerprint density at radius 3 is 2.78 bits per heavy atom. The van der Waals surface area contributed by atoms with E-state index in [2.05, 4.69) is 33.1 Å². The minimum absolute atomic E-state index is 0.0544. The molecule has 4 N–H and O–H groups in total. The number of aromatic nitrogens is 1. The Hall–Kier alpha value is -3.09. The van der Waals surface area contributed by atoms with Gasteiger partial charge in [-0.1, -0.05) is 54.1 Å². The fraction of sp³-hybridized carbons (Fsp3) is 0.280. The first-order chi connectivity index (χ1) is 15.5. The van der Waals surface area contributed by atoms with Gasteiger partial charge in [0, 0.05) is 17.8 Å². The highest BCUT2D eigenvalue weighted by molar-refractivity contribution is 6.31. The topological polar surface area (TPSA) is 86.3 Å². The smallest absolute Gasteiger partial charge is 0.310 e. The molecule has 0 spiro atoms. The van der Waals surface area contributed by atoms with E-state index in [-0.39, 0.29) is 12.1 Å². The number of pyridine rings is 1. The molecule has 6 nitrogen and oxygen atoms in total.